The molecular formula is C19H30O3. The zero-order valence-corrected chi connectivity index (χ0v) is 14.6. The minimum absolute atomic E-state index is 0.313. The van der Waals surface area contributed by atoms with E-state index in [0.29, 0.717) is 12.8 Å². The summed E-state index contributed by atoms with van der Waals surface area (Å²) in [5, 5.41) is 10.3. The number of carbonyl (C=O) groups is 1. The van der Waals surface area contributed by atoms with Crippen molar-refractivity contribution in [2.45, 2.75) is 71.5 Å². The van der Waals surface area contributed by atoms with Crippen LogP contribution in [0.15, 0.2) is 30.3 Å². The smallest absolute Gasteiger partial charge is 0.312 e. The van der Waals surface area contributed by atoms with E-state index in [2.05, 4.69) is 12.1 Å². The van der Waals surface area contributed by atoms with E-state index >= 15 is 0 Å². The van der Waals surface area contributed by atoms with Gasteiger partial charge in [0.15, 0.2) is 0 Å². The molecule has 0 fully saturated rings. The van der Waals surface area contributed by atoms with Crippen LogP contribution in [0.5, 0.6) is 0 Å². The van der Waals surface area contributed by atoms with Gasteiger partial charge in [0.1, 0.15) is 5.60 Å². The van der Waals surface area contributed by atoms with Crippen molar-refractivity contribution in [3.8, 4) is 0 Å². The standard InChI is InChI=1S/C19H30O3/c1-6-18(5,21)15(4)17(20)22-19(7-2,8-3)14-16-12-10-9-11-13-16/h9-13,15,21H,6-8,14H2,1-5H3/t15-,18?/m0/s1. The van der Waals surface area contributed by atoms with Crippen LogP contribution in [0.2, 0.25) is 0 Å². The lowest BCUT2D eigenvalue weighted by Gasteiger charge is -2.35. The normalized spacial score (nSPS) is 15.9. The van der Waals surface area contributed by atoms with Crippen molar-refractivity contribution in [3.05, 3.63) is 35.9 Å². The molecule has 0 spiro atoms. The largest absolute Gasteiger partial charge is 0.458 e. The molecular weight excluding hydrogens is 276 g/mol. The highest BCUT2D eigenvalue weighted by atomic mass is 16.6. The summed E-state index contributed by atoms with van der Waals surface area (Å²) in [4.78, 5) is 12.5. The molecule has 22 heavy (non-hydrogen) atoms. The van der Waals surface area contributed by atoms with Gasteiger partial charge >= 0.3 is 5.97 Å². The topological polar surface area (TPSA) is 46.5 Å². The number of hydrogen-bond acceptors (Lipinski definition) is 3. The van der Waals surface area contributed by atoms with Crippen LogP contribution >= 0.6 is 0 Å². The Morgan fingerprint density at radius 2 is 1.68 bits per heavy atom. The molecule has 0 radical (unpaired) electrons. The first kappa shape index (κ1) is 18.7. The molecule has 124 valence electrons. The fraction of sp³-hybridized carbons (Fsp3) is 0.632. The van der Waals surface area contributed by atoms with Crippen LogP contribution in [0.3, 0.4) is 0 Å². The molecule has 0 amide bonds. The van der Waals surface area contributed by atoms with E-state index in [0.717, 1.165) is 18.4 Å². The average Bonchev–Trinajstić information content (AvgIpc) is 2.54. The molecule has 0 heterocycles. The van der Waals surface area contributed by atoms with Gasteiger partial charge in [-0.3, -0.25) is 4.79 Å². The lowest BCUT2D eigenvalue weighted by atomic mass is 9.86. The Balaban J connectivity index is 2.89. The summed E-state index contributed by atoms with van der Waals surface area (Å²) < 4.78 is 5.89. The van der Waals surface area contributed by atoms with Gasteiger partial charge in [0.05, 0.1) is 11.5 Å². The Morgan fingerprint density at radius 1 is 1.14 bits per heavy atom. The number of benzene rings is 1. The third-order valence-electron chi connectivity index (χ3n) is 4.98. The Morgan fingerprint density at radius 3 is 2.14 bits per heavy atom. The van der Waals surface area contributed by atoms with Crippen molar-refractivity contribution < 1.29 is 14.6 Å². The van der Waals surface area contributed by atoms with Gasteiger partial charge in [-0.25, -0.2) is 0 Å². The number of rotatable bonds is 8. The molecule has 3 nitrogen and oxygen atoms in total. The fourth-order valence-electron chi connectivity index (χ4n) is 2.51. The van der Waals surface area contributed by atoms with Crippen LogP contribution in [-0.4, -0.2) is 22.3 Å². The van der Waals surface area contributed by atoms with E-state index in [4.69, 9.17) is 4.74 Å². The second-order valence-electron chi connectivity index (χ2n) is 6.41. The maximum Gasteiger partial charge on any atom is 0.312 e. The van der Waals surface area contributed by atoms with E-state index in [9.17, 15) is 9.90 Å². The quantitative estimate of drug-likeness (QED) is 0.735. The number of hydrogen-bond donors (Lipinski definition) is 1. The van der Waals surface area contributed by atoms with Gasteiger partial charge in [-0.05, 0) is 38.7 Å². The second-order valence-corrected chi connectivity index (χ2v) is 6.41. The van der Waals surface area contributed by atoms with E-state index in [1.165, 1.54) is 0 Å². The molecule has 1 aromatic carbocycles. The molecule has 0 saturated carbocycles. The zero-order chi connectivity index (χ0) is 16.8. The van der Waals surface area contributed by atoms with Crippen LogP contribution < -0.4 is 0 Å². The first-order valence-electron chi connectivity index (χ1n) is 8.29. The maximum absolute atomic E-state index is 12.5. The van der Waals surface area contributed by atoms with E-state index < -0.39 is 17.1 Å². The molecule has 0 saturated heterocycles. The van der Waals surface area contributed by atoms with Crippen molar-refractivity contribution in [2.24, 2.45) is 5.92 Å². The van der Waals surface area contributed by atoms with Gasteiger partial charge in [0.25, 0.3) is 0 Å². The summed E-state index contributed by atoms with van der Waals surface area (Å²) in [5.41, 5.74) is -0.373. The summed E-state index contributed by atoms with van der Waals surface area (Å²) in [6.07, 6.45) is 2.73. The molecule has 3 heteroatoms. The molecule has 0 aromatic heterocycles. The van der Waals surface area contributed by atoms with E-state index in [1.54, 1.807) is 13.8 Å². The highest BCUT2D eigenvalue weighted by Crippen LogP contribution is 2.30. The molecule has 1 unspecified atom stereocenters. The Labute approximate surface area is 134 Å². The minimum Gasteiger partial charge on any atom is -0.458 e. The van der Waals surface area contributed by atoms with Crippen LogP contribution in [0.4, 0.5) is 0 Å². The first-order chi connectivity index (χ1) is 10.3. The Kier molecular flexibility index (Phi) is 6.61. The monoisotopic (exact) mass is 306 g/mol. The Bertz CT molecular complexity index is 461. The maximum atomic E-state index is 12.5. The number of carbonyl (C=O) groups excluding carboxylic acids is 1. The molecule has 1 rings (SSSR count). The lowest BCUT2D eigenvalue weighted by molar-refractivity contribution is -0.173. The predicted molar refractivity (Wildman–Crippen MR) is 89.6 cm³/mol. The first-order valence-corrected chi connectivity index (χ1v) is 8.29. The molecule has 0 aliphatic heterocycles. The van der Waals surface area contributed by atoms with Crippen molar-refractivity contribution in [1.82, 2.24) is 0 Å². The van der Waals surface area contributed by atoms with Crippen molar-refractivity contribution >= 4 is 5.97 Å². The summed E-state index contributed by atoms with van der Waals surface area (Å²) in [7, 11) is 0. The van der Waals surface area contributed by atoms with E-state index in [-0.39, 0.29) is 5.97 Å². The molecule has 1 aromatic rings. The van der Waals surface area contributed by atoms with Crippen molar-refractivity contribution in [1.29, 1.82) is 0 Å². The summed E-state index contributed by atoms with van der Waals surface area (Å²) in [5.74, 6) is -0.850. The zero-order valence-electron chi connectivity index (χ0n) is 14.6. The fourth-order valence-corrected chi connectivity index (χ4v) is 2.51. The third-order valence-corrected chi connectivity index (χ3v) is 4.98. The highest BCUT2D eigenvalue weighted by molar-refractivity contribution is 5.74. The van der Waals surface area contributed by atoms with Gasteiger partial charge in [-0.15, -0.1) is 0 Å². The van der Waals surface area contributed by atoms with Gasteiger partial charge in [-0.2, -0.15) is 0 Å². The van der Waals surface area contributed by atoms with Crippen molar-refractivity contribution in [2.75, 3.05) is 0 Å². The molecule has 0 aliphatic carbocycles. The predicted octanol–water partition coefficient (Wildman–Crippen LogP) is 4.13. The summed E-state index contributed by atoms with van der Waals surface area (Å²) >= 11 is 0. The number of esters is 1. The van der Waals surface area contributed by atoms with Crippen LogP contribution in [0.25, 0.3) is 0 Å². The SMILES string of the molecule is CCC(CC)(Cc1ccccc1)OC(=O)[C@H](C)C(C)(O)CC. The van der Waals surface area contributed by atoms with Gasteiger partial charge in [0.2, 0.25) is 0 Å². The van der Waals surface area contributed by atoms with Gasteiger partial charge < -0.3 is 9.84 Å². The van der Waals surface area contributed by atoms with Crippen molar-refractivity contribution in [3.63, 3.8) is 0 Å². The molecule has 0 bridgehead atoms. The average molecular weight is 306 g/mol. The summed E-state index contributed by atoms with van der Waals surface area (Å²) in [6, 6.07) is 10.1. The molecule has 0 aliphatic rings. The third kappa shape index (κ3) is 4.57. The second kappa shape index (κ2) is 7.77. The van der Waals surface area contributed by atoms with Crippen LogP contribution in [0, 0.1) is 5.92 Å². The lowest BCUT2D eigenvalue weighted by Crippen LogP contribution is -2.44. The van der Waals surface area contributed by atoms with Crippen LogP contribution in [-0.2, 0) is 16.0 Å². The van der Waals surface area contributed by atoms with Gasteiger partial charge in [0, 0.05) is 6.42 Å². The molecule has 1 N–H and O–H groups in total. The molecule has 2 atom stereocenters. The number of aliphatic hydroxyl groups is 1. The van der Waals surface area contributed by atoms with Gasteiger partial charge in [-0.1, -0.05) is 51.1 Å². The summed E-state index contributed by atoms with van der Waals surface area (Å²) in [6.45, 7) is 9.39. The number of ether oxygens (including phenoxy) is 1. The highest BCUT2D eigenvalue weighted by Gasteiger charge is 2.38. The van der Waals surface area contributed by atoms with E-state index in [1.807, 2.05) is 39.0 Å². The minimum atomic E-state index is -1.03. The van der Waals surface area contributed by atoms with Crippen LogP contribution in [0.1, 0.15) is 59.4 Å². The Hall–Kier alpha value is -1.35.